The number of anilines is 1. The predicted octanol–water partition coefficient (Wildman–Crippen LogP) is 6.79. The average molecular weight is 604 g/mol. The first-order valence-electron chi connectivity index (χ1n) is 11.3. The predicted molar refractivity (Wildman–Crippen MR) is 146 cm³/mol. The topological polar surface area (TPSA) is 84.9 Å². The number of rotatable bonds is 8. The molecule has 190 valence electrons. The molecule has 0 saturated carbocycles. The summed E-state index contributed by atoms with van der Waals surface area (Å²) in [5.41, 5.74) is 1.54. The number of halogens is 3. The van der Waals surface area contributed by atoms with Gasteiger partial charge >= 0.3 is 6.03 Å². The van der Waals surface area contributed by atoms with E-state index >= 15 is 0 Å². The molecule has 0 bridgehead atoms. The summed E-state index contributed by atoms with van der Waals surface area (Å²) in [4.78, 5) is 39.1. The molecule has 7 nitrogen and oxygen atoms in total. The fourth-order valence-corrected chi connectivity index (χ4v) is 4.32. The highest BCUT2D eigenvalue weighted by Crippen LogP contribution is 2.30. The monoisotopic (exact) mass is 602 g/mol. The van der Waals surface area contributed by atoms with Crippen LogP contribution in [-0.4, -0.2) is 24.5 Å². The van der Waals surface area contributed by atoms with Gasteiger partial charge in [-0.25, -0.2) is 9.69 Å². The molecule has 3 aromatic carbocycles. The average Bonchev–Trinajstić information content (AvgIpc) is 2.87. The SMILES string of the molecule is CCCOc1ccc(N2C(=O)NC(=O)/C(=C/c3ccc(OCc4ccc(Cl)c(Cl)c4)c(Br)c3)C2=O)cc1. The Kier molecular flexibility index (Phi) is 8.53. The van der Waals surface area contributed by atoms with Crippen molar-refractivity contribution >= 4 is 68.7 Å². The van der Waals surface area contributed by atoms with E-state index in [1.165, 1.54) is 6.08 Å². The van der Waals surface area contributed by atoms with Crippen molar-refractivity contribution in [1.82, 2.24) is 5.32 Å². The van der Waals surface area contributed by atoms with E-state index in [0.29, 0.717) is 43.9 Å². The Hall–Kier alpha value is -3.33. The van der Waals surface area contributed by atoms with Crippen LogP contribution in [0.3, 0.4) is 0 Å². The molecule has 10 heteroatoms. The maximum absolute atomic E-state index is 13.2. The van der Waals surface area contributed by atoms with Gasteiger partial charge in [0, 0.05) is 0 Å². The molecule has 4 rings (SSSR count). The third-order valence-electron chi connectivity index (χ3n) is 5.31. The van der Waals surface area contributed by atoms with Gasteiger partial charge in [-0.2, -0.15) is 0 Å². The minimum Gasteiger partial charge on any atom is -0.494 e. The summed E-state index contributed by atoms with van der Waals surface area (Å²) < 4.78 is 12.0. The molecule has 1 aliphatic rings. The molecule has 0 spiro atoms. The molecule has 0 unspecified atom stereocenters. The summed E-state index contributed by atoms with van der Waals surface area (Å²) in [5, 5.41) is 3.12. The van der Waals surface area contributed by atoms with Crippen LogP contribution in [-0.2, 0) is 16.2 Å². The van der Waals surface area contributed by atoms with Gasteiger partial charge in [0.25, 0.3) is 11.8 Å². The zero-order valence-electron chi connectivity index (χ0n) is 19.6. The minimum absolute atomic E-state index is 0.178. The molecule has 1 fully saturated rings. The lowest BCUT2D eigenvalue weighted by Gasteiger charge is -2.26. The first-order valence-corrected chi connectivity index (χ1v) is 12.8. The fraction of sp³-hybridized carbons (Fsp3) is 0.148. The van der Waals surface area contributed by atoms with Crippen molar-refractivity contribution < 1.29 is 23.9 Å². The maximum atomic E-state index is 13.2. The van der Waals surface area contributed by atoms with Crippen molar-refractivity contribution in [3.63, 3.8) is 0 Å². The molecule has 37 heavy (non-hydrogen) atoms. The lowest BCUT2D eigenvalue weighted by Crippen LogP contribution is -2.54. The number of nitrogens with one attached hydrogen (secondary N) is 1. The van der Waals surface area contributed by atoms with Crippen molar-refractivity contribution in [3.05, 3.63) is 91.9 Å². The first-order chi connectivity index (χ1) is 17.8. The van der Waals surface area contributed by atoms with Crippen molar-refractivity contribution in [2.45, 2.75) is 20.0 Å². The third-order valence-corrected chi connectivity index (χ3v) is 6.67. The van der Waals surface area contributed by atoms with E-state index in [1.54, 1.807) is 54.6 Å². The second kappa shape index (κ2) is 11.8. The van der Waals surface area contributed by atoms with Crippen LogP contribution in [0.25, 0.3) is 6.08 Å². The second-order valence-electron chi connectivity index (χ2n) is 8.03. The molecule has 3 aromatic rings. The highest BCUT2D eigenvalue weighted by atomic mass is 79.9. The van der Waals surface area contributed by atoms with Gasteiger partial charge in [0.2, 0.25) is 0 Å². The van der Waals surface area contributed by atoms with Gasteiger partial charge in [-0.1, -0.05) is 42.3 Å². The Balaban J connectivity index is 1.52. The molecule has 0 aromatic heterocycles. The normalized spacial score (nSPS) is 14.6. The molecule has 0 radical (unpaired) electrons. The van der Waals surface area contributed by atoms with Crippen LogP contribution >= 0.6 is 39.1 Å². The lowest BCUT2D eigenvalue weighted by molar-refractivity contribution is -0.122. The standard InChI is InChI=1S/C27H21BrCl2N2O5/c1-2-11-36-19-7-5-18(6-8-19)32-26(34)20(25(33)31-27(32)35)12-16-4-10-24(21(28)13-16)37-15-17-3-9-22(29)23(30)14-17/h3-10,12-14H,2,11,15H2,1H3,(H,31,33,35)/b20-12-. The molecular formula is C27H21BrCl2N2O5. The van der Waals surface area contributed by atoms with Crippen LogP contribution in [0.1, 0.15) is 24.5 Å². The number of carbonyl (C=O) groups is 3. The van der Waals surface area contributed by atoms with Gasteiger partial charge < -0.3 is 9.47 Å². The number of hydrogen-bond donors (Lipinski definition) is 1. The number of urea groups is 1. The van der Waals surface area contributed by atoms with Gasteiger partial charge in [-0.15, -0.1) is 0 Å². The Morgan fingerprint density at radius 2 is 1.70 bits per heavy atom. The van der Waals surface area contributed by atoms with E-state index in [9.17, 15) is 14.4 Å². The van der Waals surface area contributed by atoms with E-state index < -0.39 is 17.8 Å². The smallest absolute Gasteiger partial charge is 0.335 e. The first kappa shape index (κ1) is 26.7. The molecule has 0 atom stereocenters. The van der Waals surface area contributed by atoms with Gasteiger partial charge in [0.05, 0.1) is 26.8 Å². The highest BCUT2D eigenvalue weighted by Gasteiger charge is 2.36. The van der Waals surface area contributed by atoms with Crippen molar-refractivity contribution in [2.75, 3.05) is 11.5 Å². The Labute approximate surface area is 232 Å². The van der Waals surface area contributed by atoms with Crippen LogP contribution in [0.4, 0.5) is 10.5 Å². The Bertz CT molecular complexity index is 1390. The minimum atomic E-state index is -0.818. The number of nitrogens with zero attached hydrogens (tertiary/aromatic N) is 1. The van der Waals surface area contributed by atoms with Crippen molar-refractivity contribution in [1.29, 1.82) is 0 Å². The van der Waals surface area contributed by atoms with Gasteiger partial charge in [-0.3, -0.25) is 14.9 Å². The zero-order valence-corrected chi connectivity index (χ0v) is 22.7. The molecule has 1 aliphatic heterocycles. The highest BCUT2D eigenvalue weighted by molar-refractivity contribution is 9.10. The maximum Gasteiger partial charge on any atom is 0.335 e. The third kappa shape index (κ3) is 6.33. The molecule has 0 aliphatic carbocycles. The largest absolute Gasteiger partial charge is 0.494 e. The van der Waals surface area contributed by atoms with Gasteiger partial charge in [0.1, 0.15) is 23.7 Å². The van der Waals surface area contributed by atoms with Gasteiger partial charge in [-0.05, 0) is 88.1 Å². The number of barbiturate groups is 1. The van der Waals surface area contributed by atoms with Crippen molar-refractivity contribution in [3.8, 4) is 11.5 Å². The Morgan fingerprint density at radius 3 is 2.38 bits per heavy atom. The van der Waals surface area contributed by atoms with Gasteiger partial charge in [0.15, 0.2) is 0 Å². The number of hydrogen-bond acceptors (Lipinski definition) is 5. The summed E-state index contributed by atoms with van der Waals surface area (Å²) >= 11 is 15.5. The number of carbonyl (C=O) groups excluding carboxylic acids is 3. The second-order valence-corrected chi connectivity index (χ2v) is 9.70. The van der Waals surface area contributed by atoms with Crippen LogP contribution in [0, 0.1) is 0 Å². The van der Waals surface area contributed by atoms with Crippen LogP contribution < -0.4 is 19.7 Å². The quantitative estimate of drug-likeness (QED) is 0.226. The lowest BCUT2D eigenvalue weighted by atomic mass is 10.1. The molecule has 4 amide bonds. The van der Waals surface area contributed by atoms with E-state index in [4.69, 9.17) is 32.7 Å². The number of ether oxygens (including phenoxy) is 2. The summed E-state index contributed by atoms with van der Waals surface area (Å²) in [6, 6.07) is 16.0. The summed E-state index contributed by atoms with van der Waals surface area (Å²) in [5.74, 6) is -0.333. The number of imide groups is 2. The summed E-state index contributed by atoms with van der Waals surface area (Å²) in [6.07, 6.45) is 2.27. The fourth-order valence-electron chi connectivity index (χ4n) is 3.48. The Morgan fingerprint density at radius 1 is 0.946 bits per heavy atom. The van der Waals surface area contributed by atoms with Crippen LogP contribution in [0.2, 0.25) is 10.0 Å². The van der Waals surface area contributed by atoms with Crippen LogP contribution in [0.5, 0.6) is 11.5 Å². The zero-order chi connectivity index (χ0) is 26.5. The van der Waals surface area contributed by atoms with E-state index in [2.05, 4.69) is 21.2 Å². The molecule has 1 N–H and O–H groups in total. The summed E-state index contributed by atoms with van der Waals surface area (Å²) in [7, 11) is 0. The van der Waals surface area contributed by atoms with Crippen molar-refractivity contribution in [2.24, 2.45) is 0 Å². The molecular weight excluding hydrogens is 583 g/mol. The molecule has 1 saturated heterocycles. The number of amides is 4. The van der Waals surface area contributed by atoms with E-state index in [1.807, 2.05) is 13.0 Å². The summed E-state index contributed by atoms with van der Waals surface area (Å²) in [6.45, 7) is 2.81. The number of benzene rings is 3. The van der Waals surface area contributed by atoms with E-state index in [0.717, 1.165) is 16.9 Å². The van der Waals surface area contributed by atoms with E-state index in [-0.39, 0.29) is 12.2 Å². The molecule has 1 heterocycles. The van der Waals surface area contributed by atoms with Crippen LogP contribution in [0.15, 0.2) is 70.7 Å².